The number of hydrogen-bond acceptors (Lipinski definition) is 11. The molecule has 1 aliphatic heterocycles. The molecule has 0 spiro atoms. The SMILES string of the molecule is CC(=O)OCC(COC(=O)C=Cc1ccc(O)cc1)OC1OC(CO)C(O)C(O)C1O. The highest BCUT2D eigenvalue weighted by molar-refractivity contribution is 5.87. The number of phenols is 1. The van der Waals surface area contributed by atoms with E-state index in [9.17, 15) is 35.1 Å². The van der Waals surface area contributed by atoms with Crippen LogP contribution >= 0.6 is 0 Å². The number of aliphatic hydroxyl groups is 4. The number of esters is 2. The zero-order valence-electron chi connectivity index (χ0n) is 16.7. The number of aliphatic hydroxyl groups excluding tert-OH is 4. The third kappa shape index (κ3) is 7.58. The largest absolute Gasteiger partial charge is 0.508 e. The lowest BCUT2D eigenvalue weighted by molar-refractivity contribution is -0.315. The fourth-order valence-corrected chi connectivity index (χ4v) is 2.68. The van der Waals surface area contributed by atoms with Crippen molar-refractivity contribution in [3.63, 3.8) is 0 Å². The van der Waals surface area contributed by atoms with E-state index in [-0.39, 0.29) is 19.0 Å². The highest BCUT2D eigenvalue weighted by Crippen LogP contribution is 2.23. The van der Waals surface area contributed by atoms with Gasteiger partial charge in [-0.3, -0.25) is 4.79 Å². The molecule has 6 unspecified atom stereocenters. The Morgan fingerprint density at radius 3 is 2.32 bits per heavy atom. The van der Waals surface area contributed by atoms with Gasteiger partial charge in [0.1, 0.15) is 49.5 Å². The molecule has 6 atom stereocenters. The van der Waals surface area contributed by atoms with Gasteiger partial charge in [0, 0.05) is 13.0 Å². The van der Waals surface area contributed by atoms with Crippen LogP contribution in [0.15, 0.2) is 30.3 Å². The molecule has 31 heavy (non-hydrogen) atoms. The molecule has 11 nitrogen and oxygen atoms in total. The third-order valence-electron chi connectivity index (χ3n) is 4.36. The van der Waals surface area contributed by atoms with Crippen LogP contribution in [0, 0.1) is 0 Å². The standard InChI is InChI=1S/C20H26O11/c1-11(22)28-9-14(30-20-19(27)18(26)17(25)15(8-21)31-20)10-29-16(24)7-4-12-2-5-13(23)6-3-12/h2-7,14-15,17-21,23,25-27H,8-10H2,1H3. The van der Waals surface area contributed by atoms with Gasteiger partial charge in [0.2, 0.25) is 0 Å². The molecule has 0 radical (unpaired) electrons. The number of hydrogen-bond donors (Lipinski definition) is 5. The van der Waals surface area contributed by atoms with Crippen molar-refractivity contribution in [2.24, 2.45) is 0 Å². The number of phenolic OH excluding ortho intramolecular Hbond substituents is 1. The second-order valence-corrected chi connectivity index (χ2v) is 6.81. The van der Waals surface area contributed by atoms with Gasteiger partial charge in [-0.15, -0.1) is 0 Å². The summed E-state index contributed by atoms with van der Waals surface area (Å²) in [5, 5.41) is 48.2. The van der Waals surface area contributed by atoms with E-state index in [1.54, 1.807) is 12.1 Å². The molecular weight excluding hydrogens is 416 g/mol. The van der Waals surface area contributed by atoms with Gasteiger partial charge in [-0.05, 0) is 23.8 Å². The van der Waals surface area contributed by atoms with Gasteiger partial charge < -0.3 is 44.5 Å². The molecule has 0 saturated carbocycles. The second kappa shape index (κ2) is 11.7. The molecule has 1 saturated heterocycles. The number of carbonyl (C=O) groups excluding carboxylic acids is 2. The Labute approximate surface area is 178 Å². The van der Waals surface area contributed by atoms with Crippen LogP contribution in [0.4, 0.5) is 0 Å². The van der Waals surface area contributed by atoms with Crippen molar-refractivity contribution in [1.82, 2.24) is 0 Å². The molecule has 1 heterocycles. The van der Waals surface area contributed by atoms with E-state index in [0.717, 1.165) is 13.0 Å². The first-order chi connectivity index (χ1) is 14.7. The van der Waals surface area contributed by atoms with E-state index in [1.807, 2.05) is 0 Å². The first-order valence-corrected chi connectivity index (χ1v) is 9.44. The predicted molar refractivity (Wildman–Crippen MR) is 103 cm³/mol. The Balaban J connectivity index is 1.96. The van der Waals surface area contributed by atoms with E-state index in [4.69, 9.17) is 18.9 Å². The average Bonchev–Trinajstić information content (AvgIpc) is 2.75. The summed E-state index contributed by atoms with van der Waals surface area (Å²) in [5.41, 5.74) is 0.642. The number of rotatable bonds is 9. The van der Waals surface area contributed by atoms with E-state index >= 15 is 0 Å². The van der Waals surface area contributed by atoms with Crippen molar-refractivity contribution in [2.75, 3.05) is 19.8 Å². The minimum Gasteiger partial charge on any atom is -0.508 e. The van der Waals surface area contributed by atoms with Crippen LogP contribution in [0.2, 0.25) is 0 Å². The van der Waals surface area contributed by atoms with E-state index in [0.29, 0.717) is 5.56 Å². The molecule has 1 fully saturated rings. The van der Waals surface area contributed by atoms with Crippen LogP contribution in [0.5, 0.6) is 5.75 Å². The molecule has 0 amide bonds. The summed E-state index contributed by atoms with van der Waals surface area (Å²) < 4.78 is 20.6. The van der Waals surface area contributed by atoms with Gasteiger partial charge in [-0.25, -0.2) is 4.79 Å². The minimum atomic E-state index is -1.66. The molecule has 0 bridgehead atoms. The van der Waals surface area contributed by atoms with E-state index in [1.165, 1.54) is 18.2 Å². The number of ether oxygens (including phenoxy) is 4. The van der Waals surface area contributed by atoms with Crippen molar-refractivity contribution in [1.29, 1.82) is 0 Å². The maximum Gasteiger partial charge on any atom is 0.330 e. The third-order valence-corrected chi connectivity index (χ3v) is 4.36. The maximum atomic E-state index is 12.0. The molecule has 5 N–H and O–H groups in total. The van der Waals surface area contributed by atoms with Gasteiger partial charge >= 0.3 is 11.9 Å². The highest BCUT2D eigenvalue weighted by atomic mass is 16.7. The van der Waals surface area contributed by atoms with Crippen LogP contribution < -0.4 is 0 Å². The van der Waals surface area contributed by atoms with Crippen molar-refractivity contribution in [2.45, 2.75) is 43.7 Å². The lowest BCUT2D eigenvalue weighted by atomic mass is 9.99. The highest BCUT2D eigenvalue weighted by Gasteiger charge is 2.45. The van der Waals surface area contributed by atoms with Crippen LogP contribution in [-0.4, -0.2) is 94.1 Å². The fraction of sp³-hybridized carbons (Fsp3) is 0.500. The van der Waals surface area contributed by atoms with E-state index < -0.39 is 55.4 Å². The Hall–Kier alpha value is -2.54. The lowest BCUT2D eigenvalue weighted by Crippen LogP contribution is -2.60. The zero-order valence-corrected chi connectivity index (χ0v) is 16.7. The molecule has 2 rings (SSSR count). The number of aromatic hydroxyl groups is 1. The first kappa shape index (κ1) is 24.7. The van der Waals surface area contributed by atoms with Gasteiger partial charge in [0.15, 0.2) is 6.29 Å². The first-order valence-electron chi connectivity index (χ1n) is 9.44. The van der Waals surface area contributed by atoms with Crippen molar-refractivity contribution in [3.05, 3.63) is 35.9 Å². The Morgan fingerprint density at radius 2 is 1.71 bits per heavy atom. The molecule has 0 aromatic heterocycles. The van der Waals surface area contributed by atoms with Gasteiger partial charge in [-0.1, -0.05) is 12.1 Å². The lowest BCUT2D eigenvalue weighted by Gasteiger charge is -2.40. The average molecular weight is 442 g/mol. The van der Waals surface area contributed by atoms with Crippen LogP contribution in [0.1, 0.15) is 12.5 Å². The summed E-state index contributed by atoms with van der Waals surface area (Å²) in [6, 6.07) is 6.08. The minimum absolute atomic E-state index is 0.0818. The number of benzene rings is 1. The Bertz CT molecular complexity index is 746. The molecule has 11 heteroatoms. The summed E-state index contributed by atoms with van der Waals surface area (Å²) in [7, 11) is 0. The molecule has 0 aliphatic carbocycles. The molecule has 1 aromatic carbocycles. The molecule has 1 aromatic rings. The van der Waals surface area contributed by atoms with Crippen molar-refractivity contribution < 1.29 is 54.1 Å². The van der Waals surface area contributed by atoms with Crippen LogP contribution in [0.3, 0.4) is 0 Å². The van der Waals surface area contributed by atoms with Gasteiger partial charge in [-0.2, -0.15) is 0 Å². The summed E-state index contributed by atoms with van der Waals surface area (Å²) in [6.45, 7) is -0.214. The fourth-order valence-electron chi connectivity index (χ4n) is 2.68. The Kier molecular flexibility index (Phi) is 9.37. The monoisotopic (exact) mass is 442 g/mol. The molecular formula is C20H26O11. The van der Waals surface area contributed by atoms with Crippen molar-refractivity contribution >= 4 is 18.0 Å². The van der Waals surface area contributed by atoms with E-state index in [2.05, 4.69) is 0 Å². The second-order valence-electron chi connectivity index (χ2n) is 6.81. The van der Waals surface area contributed by atoms with Crippen LogP contribution in [0.25, 0.3) is 6.08 Å². The summed E-state index contributed by atoms with van der Waals surface area (Å²) in [5.74, 6) is -1.28. The molecule has 1 aliphatic rings. The zero-order chi connectivity index (χ0) is 23.0. The smallest absolute Gasteiger partial charge is 0.330 e. The van der Waals surface area contributed by atoms with Crippen molar-refractivity contribution in [3.8, 4) is 5.75 Å². The number of carbonyl (C=O) groups is 2. The topological polar surface area (TPSA) is 172 Å². The predicted octanol–water partition coefficient (Wildman–Crippen LogP) is -1.30. The van der Waals surface area contributed by atoms with Crippen LogP contribution in [-0.2, 0) is 28.5 Å². The summed E-state index contributed by atoms with van der Waals surface area (Å²) >= 11 is 0. The normalized spacial score (nSPS) is 27.1. The maximum absolute atomic E-state index is 12.0. The summed E-state index contributed by atoms with van der Waals surface area (Å²) in [4.78, 5) is 23.1. The summed E-state index contributed by atoms with van der Waals surface area (Å²) in [6.07, 6.45) is -6.02. The van der Waals surface area contributed by atoms with Gasteiger partial charge in [0.25, 0.3) is 0 Å². The Morgan fingerprint density at radius 1 is 1.06 bits per heavy atom. The van der Waals surface area contributed by atoms with Gasteiger partial charge in [0.05, 0.1) is 6.61 Å². The quantitative estimate of drug-likeness (QED) is 0.227. The molecule has 172 valence electrons.